The molecule has 0 saturated carbocycles. The molecule has 0 saturated heterocycles. The summed E-state index contributed by atoms with van der Waals surface area (Å²) in [6.45, 7) is 12.3. The van der Waals surface area contributed by atoms with Crippen LogP contribution in [0, 0.1) is 13.8 Å². The van der Waals surface area contributed by atoms with Gasteiger partial charge in [-0.1, -0.05) is 239 Å². The third-order valence-electron chi connectivity index (χ3n) is 15.2. The van der Waals surface area contributed by atoms with Crippen molar-refractivity contribution in [2.75, 3.05) is 7.11 Å². The van der Waals surface area contributed by atoms with E-state index in [4.69, 9.17) is 4.74 Å². The summed E-state index contributed by atoms with van der Waals surface area (Å²) in [5, 5.41) is 1.99. The van der Waals surface area contributed by atoms with E-state index in [9.17, 15) is 38.4 Å². The van der Waals surface area contributed by atoms with Gasteiger partial charge in [-0.05, 0) is 87.4 Å². The summed E-state index contributed by atoms with van der Waals surface area (Å²) in [6.07, 6.45) is 0. The van der Waals surface area contributed by atoms with E-state index < -0.39 is 0 Å². The normalized spacial score (nSPS) is 11.0. The van der Waals surface area contributed by atoms with Crippen LogP contribution < -0.4 is 47.0 Å². The number of rotatable bonds is 15. The van der Waals surface area contributed by atoms with Crippen LogP contribution in [0.4, 0.5) is 0 Å². The van der Waals surface area contributed by atoms with Crippen molar-refractivity contribution < 1.29 is 4.74 Å². The minimum atomic E-state index is -0.301. The molecule has 0 aliphatic heterocycles. The van der Waals surface area contributed by atoms with Crippen molar-refractivity contribution >= 4 is 56.9 Å². The van der Waals surface area contributed by atoms with Gasteiger partial charge in [0.15, 0.2) is 0 Å². The number of hydrogen-bond donors (Lipinski definition) is 0. The fourth-order valence-electron chi connectivity index (χ4n) is 10.3. The number of aryl methyl sites for hydroxylation is 2. The van der Waals surface area contributed by atoms with Crippen molar-refractivity contribution in [1.29, 1.82) is 0 Å². The molecule has 0 aliphatic carbocycles. The van der Waals surface area contributed by atoms with E-state index >= 15 is 0 Å². The van der Waals surface area contributed by atoms with E-state index in [0.717, 1.165) is 119 Å². The summed E-state index contributed by atoms with van der Waals surface area (Å²) in [4.78, 5) is 98.6. The first-order valence-electron chi connectivity index (χ1n) is 30.0. The largest absolute Gasteiger partial charge is 0.497 e. The Bertz CT molecular complexity index is 5200. The zero-order chi connectivity index (χ0) is 66.5. The molecular weight excluding hydrogens is 1260 g/mol. The zero-order valence-corrected chi connectivity index (χ0v) is 55.8. The van der Waals surface area contributed by atoms with Crippen LogP contribution in [0.25, 0.3) is 22.1 Å². The van der Waals surface area contributed by atoms with Gasteiger partial charge < -0.3 is 4.74 Å². The van der Waals surface area contributed by atoms with Crippen LogP contribution in [0.3, 0.4) is 0 Å². The maximum absolute atomic E-state index is 13.0. The molecule has 13 aromatic rings. The third-order valence-corrected chi connectivity index (χ3v) is 18.8. The second-order valence-electron chi connectivity index (χ2n) is 23.1. The number of ether oxygens (including phenoxy) is 1. The van der Waals surface area contributed by atoms with Crippen molar-refractivity contribution in [2.24, 2.45) is 0 Å². The molecule has 13 rings (SSSR count). The number of nitrogens with zero attached hydrogens (tertiary/aromatic N) is 8. The summed E-state index contributed by atoms with van der Waals surface area (Å²) in [5.41, 5.74) is 9.26. The molecule has 17 nitrogen and oxygen atoms in total. The Morgan fingerprint density at radius 3 is 1.16 bits per heavy atom. The van der Waals surface area contributed by atoms with Crippen LogP contribution in [0.2, 0.25) is 0 Å². The monoisotopic (exact) mass is 1330 g/mol. The number of para-hydroxylation sites is 1. The van der Waals surface area contributed by atoms with Gasteiger partial charge in [-0.15, -0.1) is 0 Å². The van der Waals surface area contributed by atoms with Gasteiger partial charge in [0.05, 0.1) is 57.8 Å². The first-order valence-corrected chi connectivity index (χ1v) is 33.1. The fourth-order valence-corrected chi connectivity index (χ4v) is 13.6. The van der Waals surface area contributed by atoms with Gasteiger partial charge >= 0.3 is 42.3 Å². The summed E-state index contributed by atoms with van der Waals surface area (Å²) in [5.74, 6) is 0.760. The average Bonchev–Trinajstić information content (AvgIpc) is 1.63. The van der Waals surface area contributed by atoms with Gasteiger partial charge in [0.2, 0.25) is 0 Å². The maximum atomic E-state index is 13.0. The van der Waals surface area contributed by atoms with Crippen molar-refractivity contribution in [2.45, 2.75) is 79.3 Å². The van der Waals surface area contributed by atoms with E-state index in [2.05, 4.69) is 20.8 Å². The van der Waals surface area contributed by atoms with Crippen LogP contribution >= 0.6 is 46.1 Å². The van der Waals surface area contributed by atoms with Crippen molar-refractivity contribution in [3.05, 3.63) is 361 Å². The number of methoxy groups -OCH3 is 1. The minimum absolute atomic E-state index is 0.127. The van der Waals surface area contributed by atoms with Crippen molar-refractivity contribution in [1.82, 2.24) is 34.1 Å². The molecule has 4 heterocycles. The second-order valence-corrected chi connectivity index (χ2v) is 26.8. The number of fused-ring (bicyclic) bond motifs is 1. The van der Waals surface area contributed by atoms with Crippen molar-refractivity contribution in [3.8, 4) is 17.1 Å². The Kier molecular flexibility index (Phi) is 21.5. The lowest BCUT2D eigenvalue weighted by atomic mass is 9.85. The third kappa shape index (κ3) is 16.3. The Morgan fingerprint density at radius 1 is 0.351 bits per heavy atom. The number of hydrogen-bond acceptors (Lipinski definition) is 13. The maximum Gasteiger partial charge on any atom is 0.346 e. The molecule has 0 radical (unpaired) electrons. The quantitative estimate of drug-likeness (QED) is 0.0963. The predicted molar refractivity (Wildman–Crippen MR) is 380 cm³/mol. The SMILES string of the molecule is COc1ccc(Cn2sc(=O)n(Cc3ccccc3)c2=O)cc1.Cc1ccc(Cn2sc(=O)n(Cc3ccccc3)c2=O)cc1.Cc1cccc(C(C)(C)C)c1-n1sc(=O)n(Cc2ccccc2)c1=O.O=c1sn(-c2cccc3ccccc23)c(=O)n1Cc1ccccc1. The molecule has 0 amide bonds. The van der Waals surface area contributed by atoms with Crippen LogP contribution in [0.1, 0.15) is 70.8 Å². The molecule has 0 unspecified atom stereocenters. The topological polar surface area (TPSA) is 185 Å². The molecule has 478 valence electrons. The molecule has 0 atom stereocenters. The predicted octanol–water partition coefficient (Wildman–Crippen LogP) is 11.6. The molecule has 4 aromatic heterocycles. The van der Waals surface area contributed by atoms with E-state index in [1.54, 1.807) is 11.1 Å². The minimum Gasteiger partial charge on any atom is -0.497 e. The standard InChI is InChI=1S/C20H22N2O2S.C19H14N2O2S.C17H16N2O3S.C17H16N2O2S/c1-14-9-8-12-16(20(2,3)4)17(14)22-18(23)21(19(24)25-22)13-15-10-6-5-7-11-15;22-18-20(13-14-7-2-1-3-8-14)19(23)24-21(18)17-12-6-10-15-9-4-5-11-16(15)17;1-22-15-9-7-14(8-10-15)12-19-16(20)18(17(21)23-19)11-13-5-3-2-4-6-13;1-13-7-9-15(10-8-13)12-19-16(20)18(17(21)22-19)11-14-5-3-2-4-6-14/h5-12H,13H2,1-4H3;1-12H,13H2;2-10H,11-12H2,1H3;2-10H,11-12H2,1H3. The van der Waals surface area contributed by atoms with E-state index in [-0.39, 0.29) is 54.2 Å². The Balaban J connectivity index is 0.000000137. The highest BCUT2D eigenvalue weighted by Crippen LogP contribution is 2.31. The summed E-state index contributed by atoms with van der Waals surface area (Å²) in [6, 6.07) is 73.1. The van der Waals surface area contributed by atoms with Crippen LogP contribution in [0.5, 0.6) is 5.75 Å². The molecule has 21 heteroatoms. The number of benzene rings is 9. The van der Waals surface area contributed by atoms with Gasteiger partial charge in [-0.2, -0.15) is 0 Å². The molecule has 9 aromatic carbocycles. The highest BCUT2D eigenvalue weighted by Gasteiger charge is 2.24. The van der Waals surface area contributed by atoms with E-state index in [1.807, 2.05) is 244 Å². The second kappa shape index (κ2) is 30.4. The van der Waals surface area contributed by atoms with E-state index in [0.29, 0.717) is 32.7 Å². The zero-order valence-electron chi connectivity index (χ0n) is 52.6. The lowest BCUT2D eigenvalue weighted by molar-refractivity contribution is 0.414. The summed E-state index contributed by atoms with van der Waals surface area (Å²) >= 11 is 3.83. The van der Waals surface area contributed by atoms with E-state index in [1.165, 1.54) is 35.7 Å². The molecule has 0 spiro atoms. The first kappa shape index (κ1) is 66.6. The fraction of sp³-hybridized carbons (Fsp3) is 0.178. The molecule has 0 N–H and O–H groups in total. The number of aromatic nitrogens is 8. The lowest BCUT2D eigenvalue weighted by Gasteiger charge is -2.23. The highest BCUT2D eigenvalue weighted by molar-refractivity contribution is 7.04. The Morgan fingerprint density at radius 2 is 0.713 bits per heavy atom. The Labute approximate surface area is 556 Å². The Hall–Kier alpha value is -10.3. The molecule has 0 bridgehead atoms. The smallest absolute Gasteiger partial charge is 0.346 e. The molecular formula is C73H68N8O9S4. The van der Waals surface area contributed by atoms with Crippen LogP contribution in [-0.4, -0.2) is 41.2 Å². The summed E-state index contributed by atoms with van der Waals surface area (Å²) < 4.78 is 16.3. The first-order chi connectivity index (χ1) is 45.3. The van der Waals surface area contributed by atoms with Gasteiger partial charge in [0.1, 0.15) is 5.75 Å². The van der Waals surface area contributed by atoms with Gasteiger partial charge in [-0.3, -0.25) is 19.2 Å². The molecule has 94 heavy (non-hydrogen) atoms. The van der Waals surface area contributed by atoms with Crippen LogP contribution in [-0.2, 0) is 44.7 Å². The average molecular weight is 1330 g/mol. The summed E-state index contributed by atoms with van der Waals surface area (Å²) in [7, 11) is 1.61. The van der Waals surface area contributed by atoms with Gasteiger partial charge in [0, 0.05) is 51.5 Å². The molecule has 0 fully saturated rings. The highest BCUT2D eigenvalue weighted by atomic mass is 32.1. The van der Waals surface area contributed by atoms with Crippen molar-refractivity contribution in [3.63, 3.8) is 0 Å². The van der Waals surface area contributed by atoms with Gasteiger partial charge in [0.25, 0.3) is 0 Å². The molecule has 0 aliphatic rings. The van der Waals surface area contributed by atoms with Gasteiger partial charge in [-0.25, -0.2) is 53.3 Å². The van der Waals surface area contributed by atoms with Crippen LogP contribution in [0.15, 0.2) is 269 Å². The lowest BCUT2D eigenvalue weighted by Crippen LogP contribution is -2.30.